The fourth-order valence-electron chi connectivity index (χ4n) is 2.28. The lowest BCUT2D eigenvalue weighted by molar-refractivity contribution is -0.00297. The van der Waals surface area contributed by atoms with Crippen LogP contribution in [0.1, 0.15) is 18.4 Å². The zero-order valence-electron chi connectivity index (χ0n) is 9.86. The average molecular weight is 220 g/mol. The number of anilines is 1. The van der Waals surface area contributed by atoms with Gasteiger partial charge in [0, 0.05) is 25.9 Å². The van der Waals surface area contributed by atoms with Crippen molar-refractivity contribution in [2.24, 2.45) is 0 Å². The van der Waals surface area contributed by atoms with Crippen molar-refractivity contribution in [2.45, 2.75) is 25.5 Å². The van der Waals surface area contributed by atoms with E-state index in [0.717, 1.165) is 31.6 Å². The molecule has 1 aliphatic rings. The first-order valence-electron chi connectivity index (χ1n) is 5.91. The molecule has 1 atom stereocenters. The van der Waals surface area contributed by atoms with Crippen LogP contribution in [0.2, 0.25) is 0 Å². The van der Waals surface area contributed by atoms with Crippen LogP contribution < -0.4 is 5.73 Å². The summed E-state index contributed by atoms with van der Waals surface area (Å²) in [5, 5.41) is 0. The van der Waals surface area contributed by atoms with Gasteiger partial charge in [-0.1, -0.05) is 12.1 Å². The highest BCUT2D eigenvalue weighted by molar-refractivity contribution is 5.39. The quantitative estimate of drug-likeness (QED) is 0.787. The monoisotopic (exact) mass is 220 g/mol. The Labute approximate surface area is 97.2 Å². The zero-order chi connectivity index (χ0) is 11.4. The maximum absolute atomic E-state index is 5.66. The summed E-state index contributed by atoms with van der Waals surface area (Å²) in [7, 11) is 1.80. The number of methoxy groups -OCH3 is 1. The number of nitrogens with two attached hydrogens (primary N) is 1. The number of ether oxygens (including phenoxy) is 1. The summed E-state index contributed by atoms with van der Waals surface area (Å²) in [4.78, 5) is 2.41. The van der Waals surface area contributed by atoms with Gasteiger partial charge in [-0.15, -0.1) is 0 Å². The van der Waals surface area contributed by atoms with E-state index in [2.05, 4.69) is 17.0 Å². The molecule has 3 heteroatoms. The maximum atomic E-state index is 5.66. The van der Waals surface area contributed by atoms with Crippen molar-refractivity contribution in [3.05, 3.63) is 29.8 Å². The SMILES string of the molecule is COC1CCCN1CCc1ccc(N)cc1. The number of rotatable bonds is 4. The highest BCUT2D eigenvalue weighted by Crippen LogP contribution is 2.18. The normalized spacial score (nSPS) is 21.4. The van der Waals surface area contributed by atoms with E-state index in [0.29, 0.717) is 6.23 Å². The first kappa shape index (κ1) is 11.4. The van der Waals surface area contributed by atoms with Crippen LogP contribution in [-0.4, -0.2) is 31.3 Å². The molecule has 16 heavy (non-hydrogen) atoms. The smallest absolute Gasteiger partial charge is 0.110 e. The number of benzene rings is 1. The summed E-state index contributed by atoms with van der Waals surface area (Å²) in [6.07, 6.45) is 3.81. The van der Waals surface area contributed by atoms with Crippen LogP contribution >= 0.6 is 0 Å². The van der Waals surface area contributed by atoms with Crippen LogP contribution in [0.25, 0.3) is 0 Å². The van der Waals surface area contributed by atoms with Gasteiger partial charge in [-0.05, 0) is 37.0 Å². The Balaban J connectivity index is 1.85. The highest BCUT2D eigenvalue weighted by Gasteiger charge is 2.23. The van der Waals surface area contributed by atoms with Crippen LogP contribution in [0.3, 0.4) is 0 Å². The molecule has 1 saturated heterocycles. The molecule has 0 spiro atoms. The van der Waals surface area contributed by atoms with Crippen LogP contribution in [-0.2, 0) is 11.2 Å². The lowest BCUT2D eigenvalue weighted by Gasteiger charge is -2.22. The van der Waals surface area contributed by atoms with E-state index in [-0.39, 0.29) is 0 Å². The third kappa shape index (κ3) is 2.74. The first-order valence-corrected chi connectivity index (χ1v) is 5.91. The fraction of sp³-hybridized carbons (Fsp3) is 0.538. The van der Waals surface area contributed by atoms with Gasteiger partial charge in [0.1, 0.15) is 6.23 Å². The van der Waals surface area contributed by atoms with E-state index in [4.69, 9.17) is 10.5 Å². The van der Waals surface area contributed by atoms with E-state index < -0.39 is 0 Å². The van der Waals surface area contributed by atoms with Crippen molar-refractivity contribution in [1.29, 1.82) is 0 Å². The van der Waals surface area contributed by atoms with Gasteiger partial charge in [0.15, 0.2) is 0 Å². The molecule has 1 heterocycles. The Morgan fingerprint density at radius 2 is 2.12 bits per heavy atom. The summed E-state index contributed by atoms with van der Waals surface area (Å²) in [6.45, 7) is 2.23. The Kier molecular flexibility index (Phi) is 3.80. The number of nitrogen functional groups attached to an aromatic ring is 1. The largest absolute Gasteiger partial charge is 0.399 e. The molecule has 0 bridgehead atoms. The van der Waals surface area contributed by atoms with Gasteiger partial charge >= 0.3 is 0 Å². The van der Waals surface area contributed by atoms with E-state index in [9.17, 15) is 0 Å². The number of likely N-dealkylation sites (tertiary alicyclic amines) is 1. The van der Waals surface area contributed by atoms with Gasteiger partial charge in [-0.25, -0.2) is 0 Å². The van der Waals surface area contributed by atoms with Gasteiger partial charge in [-0.3, -0.25) is 4.90 Å². The number of hydrogen-bond acceptors (Lipinski definition) is 3. The van der Waals surface area contributed by atoms with E-state index >= 15 is 0 Å². The Morgan fingerprint density at radius 3 is 2.81 bits per heavy atom. The van der Waals surface area contributed by atoms with E-state index in [1.807, 2.05) is 12.1 Å². The minimum atomic E-state index is 0.328. The van der Waals surface area contributed by atoms with Gasteiger partial charge in [0.05, 0.1) is 0 Å². The molecule has 88 valence electrons. The second-order valence-electron chi connectivity index (χ2n) is 4.36. The third-order valence-electron chi connectivity index (χ3n) is 3.24. The van der Waals surface area contributed by atoms with E-state index in [1.54, 1.807) is 7.11 Å². The van der Waals surface area contributed by atoms with Crippen LogP contribution in [0.5, 0.6) is 0 Å². The molecule has 3 nitrogen and oxygen atoms in total. The predicted molar refractivity (Wildman–Crippen MR) is 66.2 cm³/mol. The van der Waals surface area contributed by atoms with Gasteiger partial charge in [-0.2, -0.15) is 0 Å². The lowest BCUT2D eigenvalue weighted by atomic mass is 10.1. The molecule has 1 fully saturated rings. The molecule has 0 aromatic heterocycles. The molecule has 0 saturated carbocycles. The molecule has 1 unspecified atom stereocenters. The van der Waals surface area contributed by atoms with Crippen molar-refractivity contribution < 1.29 is 4.74 Å². The predicted octanol–water partition coefficient (Wildman–Crippen LogP) is 1.88. The Hall–Kier alpha value is -1.06. The number of hydrogen-bond donors (Lipinski definition) is 1. The fourth-order valence-corrected chi connectivity index (χ4v) is 2.28. The molecule has 1 aromatic carbocycles. The Bertz CT molecular complexity index is 323. The van der Waals surface area contributed by atoms with Crippen molar-refractivity contribution in [2.75, 3.05) is 25.9 Å². The molecular formula is C13H20N2O. The second-order valence-corrected chi connectivity index (χ2v) is 4.36. The summed E-state index contributed by atoms with van der Waals surface area (Å²) >= 11 is 0. The van der Waals surface area contributed by atoms with Crippen LogP contribution in [0.15, 0.2) is 24.3 Å². The van der Waals surface area contributed by atoms with Crippen molar-refractivity contribution in [1.82, 2.24) is 4.90 Å². The second kappa shape index (κ2) is 5.32. The molecule has 0 amide bonds. The van der Waals surface area contributed by atoms with Crippen molar-refractivity contribution in [3.63, 3.8) is 0 Å². The van der Waals surface area contributed by atoms with Gasteiger partial charge in [0.25, 0.3) is 0 Å². The topological polar surface area (TPSA) is 38.5 Å². The molecule has 0 radical (unpaired) electrons. The van der Waals surface area contributed by atoms with E-state index in [1.165, 1.54) is 12.0 Å². The molecular weight excluding hydrogens is 200 g/mol. The average Bonchev–Trinajstić information content (AvgIpc) is 2.76. The van der Waals surface area contributed by atoms with Crippen molar-refractivity contribution in [3.8, 4) is 0 Å². The standard InChI is InChI=1S/C13H20N2O/c1-16-13-3-2-9-15(13)10-8-11-4-6-12(14)7-5-11/h4-7,13H,2-3,8-10,14H2,1H3. The summed E-state index contributed by atoms with van der Waals surface area (Å²) in [5.74, 6) is 0. The number of nitrogens with zero attached hydrogens (tertiary/aromatic N) is 1. The maximum Gasteiger partial charge on any atom is 0.110 e. The van der Waals surface area contributed by atoms with Gasteiger partial charge < -0.3 is 10.5 Å². The first-order chi connectivity index (χ1) is 7.79. The Morgan fingerprint density at radius 1 is 1.38 bits per heavy atom. The minimum absolute atomic E-state index is 0.328. The molecule has 2 N–H and O–H groups in total. The highest BCUT2D eigenvalue weighted by atomic mass is 16.5. The van der Waals surface area contributed by atoms with Gasteiger partial charge in [0.2, 0.25) is 0 Å². The summed E-state index contributed by atoms with van der Waals surface area (Å²) in [5.41, 5.74) is 7.83. The molecule has 1 aliphatic heterocycles. The zero-order valence-corrected chi connectivity index (χ0v) is 9.86. The summed E-state index contributed by atoms with van der Waals surface area (Å²) < 4.78 is 5.44. The molecule has 2 rings (SSSR count). The minimum Gasteiger partial charge on any atom is -0.399 e. The third-order valence-corrected chi connectivity index (χ3v) is 3.24. The molecule has 1 aromatic rings. The lowest BCUT2D eigenvalue weighted by Crippen LogP contribution is -2.32. The summed E-state index contributed by atoms with van der Waals surface area (Å²) in [6, 6.07) is 8.14. The molecule has 0 aliphatic carbocycles. The van der Waals surface area contributed by atoms with Crippen molar-refractivity contribution >= 4 is 5.69 Å². The van der Waals surface area contributed by atoms with Crippen LogP contribution in [0, 0.1) is 0 Å². The van der Waals surface area contributed by atoms with Crippen LogP contribution in [0.4, 0.5) is 5.69 Å².